The molecule has 0 spiro atoms. The highest BCUT2D eigenvalue weighted by atomic mass is 32.2. The summed E-state index contributed by atoms with van der Waals surface area (Å²) in [4.78, 5) is 15.5. The molecule has 2 saturated carbocycles. The average Bonchev–Trinajstić information content (AvgIpc) is 3.68. The van der Waals surface area contributed by atoms with Gasteiger partial charge in [0.25, 0.3) is 5.56 Å². The van der Waals surface area contributed by atoms with Crippen molar-refractivity contribution in [1.29, 1.82) is 0 Å². The monoisotopic (exact) mass is 457 g/mol. The van der Waals surface area contributed by atoms with Gasteiger partial charge < -0.3 is 15.2 Å². The molecule has 0 radical (unpaired) electrons. The van der Waals surface area contributed by atoms with E-state index in [2.05, 4.69) is 10.2 Å². The van der Waals surface area contributed by atoms with E-state index in [-0.39, 0.29) is 28.9 Å². The Morgan fingerprint density at radius 3 is 2.44 bits per heavy atom. The maximum atomic E-state index is 13.4. The van der Waals surface area contributed by atoms with Gasteiger partial charge in [-0.15, -0.1) is 0 Å². The zero-order valence-electron chi connectivity index (χ0n) is 18.0. The van der Waals surface area contributed by atoms with Crippen molar-refractivity contribution in [3.8, 4) is 11.3 Å². The number of aromatic amines is 1. The van der Waals surface area contributed by atoms with Crippen LogP contribution in [0.5, 0.6) is 0 Å². The molecule has 0 atom stereocenters. The van der Waals surface area contributed by atoms with Crippen LogP contribution in [-0.2, 0) is 16.9 Å². The van der Waals surface area contributed by atoms with Crippen molar-refractivity contribution < 1.29 is 8.42 Å². The number of nitrogens with one attached hydrogen (secondary N) is 1. The quantitative estimate of drug-likeness (QED) is 0.590. The molecule has 10 nitrogen and oxygen atoms in total. The van der Waals surface area contributed by atoms with E-state index in [0.29, 0.717) is 41.5 Å². The summed E-state index contributed by atoms with van der Waals surface area (Å²) in [6.45, 7) is 0.886. The summed E-state index contributed by atoms with van der Waals surface area (Å²) in [5.41, 5.74) is 8.12. The molecule has 0 unspecified atom stereocenters. The van der Waals surface area contributed by atoms with E-state index in [0.717, 1.165) is 37.1 Å². The summed E-state index contributed by atoms with van der Waals surface area (Å²) in [7, 11) is -1.11. The van der Waals surface area contributed by atoms with Crippen LogP contribution in [0.15, 0.2) is 17.1 Å². The summed E-state index contributed by atoms with van der Waals surface area (Å²) < 4.78 is 27.3. The van der Waals surface area contributed by atoms with Crippen molar-refractivity contribution in [2.24, 2.45) is 18.9 Å². The first-order valence-electron chi connectivity index (χ1n) is 11.2. The predicted octanol–water partition coefficient (Wildman–Crippen LogP) is 1.30. The fraction of sp³-hybridized carbons (Fsp3) is 0.571. The average molecular weight is 458 g/mol. The van der Waals surface area contributed by atoms with E-state index in [9.17, 15) is 13.2 Å². The fourth-order valence-corrected chi connectivity index (χ4v) is 6.32. The molecule has 3 aromatic rings. The maximum absolute atomic E-state index is 13.4. The van der Waals surface area contributed by atoms with E-state index < -0.39 is 9.84 Å². The lowest BCUT2D eigenvalue weighted by molar-refractivity contribution is 0.386. The van der Waals surface area contributed by atoms with Crippen molar-refractivity contribution in [3.63, 3.8) is 0 Å². The zero-order chi connectivity index (χ0) is 22.2. The van der Waals surface area contributed by atoms with Gasteiger partial charge >= 0.3 is 0 Å². The number of fused-ring (bicyclic) bond motifs is 1. The van der Waals surface area contributed by atoms with E-state index in [1.54, 1.807) is 4.68 Å². The second kappa shape index (κ2) is 6.84. The van der Waals surface area contributed by atoms with Crippen molar-refractivity contribution in [2.45, 2.75) is 31.7 Å². The van der Waals surface area contributed by atoms with Gasteiger partial charge in [-0.05, 0) is 37.5 Å². The second-order valence-electron chi connectivity index (χ2n) is 9.43. The van der Waals surface area contributed by atoms with Gasteiger partial charge in [-0.2, -0.15) is 10.2 Å². The zero-order valence-corrected chi connectivity index (χ0v) is 18.8. The predicted molar refractivity (Wildman–Crippen MR) is 122 cm³/mol. The third-order valence-corrected chi connectivity index (χ3v) is 8.72. The number of nitrogen functional groups attached to an aromatic ring is 1. The molecule has 0 aromatic carbocycles. The van der Waals surface area contributed by atoms with Crippen molar-refractivity contribution in [2.75, 3.05) is 35.2 Å². The van der Waals surface area contributed by atoms with Crippen LogP contribution in [0.3, 0.4) is 0 Å². The Bertz CT molecular complexity index is 1350. The first-order chi connectivity index (χ1) is 15.3. The van der Waals surface area contributed by atoms with Crippen LogP contribution in [-0.4, -0.2) is 57.6 Å². The Labute approximate surface area is 185 Å². The Kier molecular flexibility index (Phi) is 4.24. The molecule has 4 heterocycles. The van der Waals surface area contributed by atoms with Gasteiger partial charge in [0.15, 0.2) is 15.7 Å². The number of anilines is 2. The van der Waals surface area contributed by atoms with Crippen molar-refractivity contribution in [1.82, 2.24) is 24.5 Å². The minimum atomic E-state index is -2.97. The van der Waals surface area contributed by atoms with Gasteiger partial charge in [-0.3, -0.25) is 14.6 Å². The third-order valence-electron chi connectivity index (χ3n) is 7.11. The lowest BCUT2D eigenvalue weighted by atomic mass is 10.0. The highest BCUT2D eigenvalue weighted by molar-refractivity contribution is 7.91. The number of aromatic nitrogens is 5. The molecule has 3 N–H and O–H groups in total. The largest absolute Gasteiger partial charge is 0.382 e. The summed E-state index contributed by atoms with van der Waals surface area (Å²) in [6, 6.07) is 2.16. The van der Waals surface area contributed by atoms with E-state index in [1.807, 2.05) is 28.8 Å². The minimum absolute atomic E-state index is 0.0869. The Balaban J connectivity index is 1.47. The minimum Gasteiger partial charge on any atom is -0.382 e. The Morgan fingerprint density at radius 1 is 1.16 bits per heavy atom. The van der Waals surface area contributed by atoms with Gasteiger partial charge in [0.05, 0.1) is 22.7 Å². The van der Waals surface area contributed by atoms with Gasteiger partial charge in [0.1, 0.15) is 11.2 Å². The number of nitrogens with two attached hydrogens (primary N) is 1. The fourth-order valence-electron chi connectivity index (χ4n) is 5.12. The number of pyridine rings is 1. The summed E-state index contributed by atoms with van der Waals surface area (Å²) in [5.74, 6) is 2.45. The van der Waals surface area contributed by atoms with Crippen LogP contribution in [0.1, 0.15) is 31.7 Å². The number of aryl methyl sites for hydroxylation is 1. The van der Waals surface area contributed by atoms with Gasteiger partial charge in [0, 0.05) is 44.0 Å². The SMILES string of the molecule is Cn1nc(-c2cn(C(C3CC3)C3CC3)c(=O)c3c(N)n[nH]c23)cc1N1CCS(=O)(=O)CC1. The van der Waals surface area contributed by atoms with Crippen LogP contribution >= 0.6 is 0 Å². The molecule has 11 heteroatoms. The topological polar surface area (TPSA) is 132 Å². The van der Waals surface area contributed by atoms with Crippen molar-refractivity contribution >= 4 is 32.4 Å². The molecule has 0 amide bonds. The first-order valence-corrected chi connectivity index (χ1v) is 13.0. The van der Waals surface area contributed by atoms with Gasteiger partial charge in [-0.1, -0.05) is 0 Å². The Morgan fingerprint density at radius 2 is 1.81 bits per heavy atom. The maximum Gasteiger partial charge on any atom is 0.264 e. The number of hydrogen-bond donors (Lipinski definition) is 2. The molecule has 3 fully saturated rings. The molecule has 32 heavy (non-hydrogen) atoms. The van der Waals surface area contributed by atoms with Crippen LogP contribution in [0.2, 0.25) is 0 Å². The molecular weight excluding hydrogens is 430 g/mol. The number of rotatable bonds is 5. The standard InChI is InChI=1S/C21H27N7O3S/c1-26-16(27-6-8-32(30,31)9-7-27)10-15(25-26)14-11-28(19(12-2-3-12)13-4-5-13)21(29)17-18(14)23-24-20(17)22/h10-13,19H,2-9H2,1H3,(H3,22,23,24). The van der Waals surface area contributed by atoms with E-state index in [1.165, 1.54) is 0 Å². The Hall–Kier alpha value is -2.82. The highest BCUT2D eigenvalue weighted by Crippen LogP contribution is 2.52. The molecule has 0 bridgehead atoms. The van der Waals surface area contributed by atoms with Gasteiger partial charge in [0.2, 0.25) is 0 Å². The molecule has 170 valence electrons. The van der Waals surface area contributed by atoms with Crippen LogP contribution in [0.4, 0.5) is 11.6 Å². The highest BCUT2D eigenvalue weighted by Gasteiger charge is 2.43. The molecule has 3 aromatic heterocycles. The van der Waals surface area contributed by atoms with Crippen LogP contribution in [0, 0.1) is 11.8 Å². The van der Waals surface area contributed by atoms with Crippen molar-refractivity contribution in [3.05, 3.63) is 22.6 Å². The lowest BCUT2D eigenvalue weighted by Crippen LogP contribution is -2.41. The first kappa shape index (κ1) is 19.8. The molecular formula is C21H27N7O3S. The summed E-state index contributed by atoms with van der Waals surface area (Å²) in [6.07, 6.45) is 6.57. The third kappa shape index (κ3) is 3.21. The second-order valence-corrected chi connectivity index (χ2v) is 11.7. The molecule has 1 aliphatic heterocycles. The molecule has 6 rings (SSSR count). The van der Waals surface area contributed by atoms with Crippen LogP contribution in [0.25, 0.3) is 22.2 Å². The smallest absolute Gasteiger partial charge is 0.264 e. The number of H-pyrrole nitrogens is 1. The van der Waals surface area contributed by atoms with Crippen LogP contribution < -0.4 is 16.2 Å². The normalized spacial score (nSPS) is 21.0. The molecule has 3 aliphatic rings. The van der Waals surface area contributed by atoms with Gasteiger partial charge in [-0.25, -0.2) is 8.42 Å². The number of hydrogen-bond acceptors (Lipinski definition) is 7. The number of sulfone groups is 1. The summed E-state index contributed by atoms with van der Waals surface area (Å²) >= 11 is 0. The lowest BCUT2D eigenvalue weighted by Gasteiger charge is -2.28. The van der Waals surface area contributed by atoms with E-state index in [4.69, 9.17) is 10.8 Å². The van der Waals surface area contributed by atoms with E-state index >= 15 is 0 Å². The molecule has 2 aliphatic carbocycles. The molecule has 1 saturated heterocycles. The summed E-state index contributed by atoms with van der Waals surface area (Å²) in [5, 5.41) is 12.2. The number of nitrogens with zero attached hydrogens (tertiary/aromatic N) is 5.